The molecule has 1 aromatic rings. The van der Waals surface area contributed by atoms with Crippen LogP contribution in [0.25, 0.3) is 0 Å². The minimum Gasteiger partial charge on any atom is -0.469 e. The molecule has 0 aliphatic carbocycles. The summed E-state index contributed by atoms with van der Waals surface area (Å²) in [6, 6.07) is 3.51. The van der Waals surface area contributed by atoms with Crippen molar-refractivity contribution in [3.05, 3.63) is 24.0 Å². The number of carbonyl (C=O) groups is 2. The highest BCUT2D eigenvalue weighted by atomic mass is 32.2. The lowest BCUT2D eigenvalue weighted by atomic mass is 10.2. The van der Waals surface area contributed by atoms with E-state index in [9.17, 15) is 9.59 Å². The van der Waals surface area contributed by atoms with E-state index in [0.29, 0.717) is 11.4 Å². The highest BCUT2D eigenvalue weighted by molar-refractivity contribution is 7.99. The van der Waals surface area contributed by atoms with Crippen LogP contribution in [0, 0.1) is 5.92 Å². The van der Waals surface area contributed by atoms with Gasteiger partial charge in [0.1, 0.15) is 5.69 Å². The van der Waals surface area contributed by atoms with Crippen molar-refractivity contribution in [1.82, 2.24) is 10.3 Å². The molecule has 0 saturated carbocycles. The van der Waals surface area contributed by atoms with Crippen LogP contribution >= 0.6 is 11.8 Å². The van der Waals surface area contributed by atoms with Crippen molar-refractivity contribution in [2.45, 2.75) is 11.8 Å². The Morgan fingerprint density at radius 3 is 2.89 bits per heavy atom. The fourth-order valence-corrected chi connectivity index (χ4v) is 2.17. The molecule has 0 aromatic carbocycles. The topological polar surface area (TPSA) is 68.3 Å². The number of thioether (sulfide) groups is 1. The molecule has 1 amide bonds. The molecule has 5 nitrogen and oxygen atoms in total. The molecule has 0 fully saturated rings. The first-order valence-corrected chi connectivity index (χ1v) is 6.45. The van der Waals surface area contributed by atoms with Gasteiger partial charge in [-0.15, -0.1) is 11.8 Å². The van der Waals surface area contributed by atoms with Crippen LogP contribution in [-0.2, 0) is 9.53 Å². The lowest BCUT2D eigenvalue weighted by molar-refractivity contribution is -0.143. The molecule has 0 radical (unpaired) electrons. The Hall–Kier alpha value is -1.56. The molecule has 6 heteroatoms. The summed E-state index contributed by atoms with van der Waals surface area (Å²) in [6.45, 7) is 1.81. The highest BCUT2D eigenvalue weighted by Gasteiger charge is 2.13. The van der Waals surface area contributed by atoms with Crippen molar-refractivity contribution < 1.29 is 14.3 Å². The normalized spacial score (nSPS) is 11.7. The van der Waals surface area contributed by atoms with Crippen LogP contribution in [0.5, 0.6) is 0 Å². The van der Waals surface area contributed by atoms with Crippen LogP contribution in [0.15, 0.2) is 23.2 Å². The Kier molecular flexibility index (Phi) is 5.64. The van der Waals surface area contributed by atoms with Crippen LogP contribution in [0.2, 0.25) is 0 Å². The average molecular weight is 268 g/mol. The number of aromatic nitrogens is 1. The molecule has 0 bridgehead atoms. The van der Waals surface area contributed by atoms with Gasteiger partial charge in [0.15, 0.2) is 0 Å². The zero-order valence-electron chi connectivity index (χ0n) is 10.6. The minimum atomic E-state index is -0.233. The number of esters is 1. The van der Waals surface area contributed by atoms with Gasteiger partial charge in [0, 0.05) is 23.9 Å². The Balaban J connectivity index is 2.63. The second-order valence-corrected chi connectivity index (χ2v) is 4.78. The summed E-state index contributed by atoms with van der Waals surface area (Å²) >= 11 is 1.49. The molecule has 18 heavy (non-hydrogen) atoms. The Labute approximate surface area is 110 Å². The molecule has 1 atom stereocenters. The van der Waals surface area contributed by atoms with Crippen molar-refractivity contribution in [1.29, 1.82) is 0 Å². The van der Waals surface area contributed by atoms with Gasteiger partial charge < -0.3 is 10.1 Å². The number of nitrogens with zero attached hydrogens (tertiary/aromatic N) is 1. The number of rotatable bonds is 5. The van der Waals surface area contributed by atoms with Gasteiger partial charge in [-0.1, -0.05) is 6.92 Å². The Morgan fingerprint density at radius 2 is 2.28 bits per heavy atom. The van der Waals surface area contributed by atoms with Crippen molar-refractivity contribution >= 4 is 23.6 Å². The van der Waals surface area contributed by atoms with E-state index >= 15 is 0 Å². The summed E-state index contributed by atoms with van der Waals surface area (Å²) in [5.41, 5.74) is 0.369. The van der Waals surface area contributed by atoms with Crippen molar-refractivity contribution in [2.24, 2.45) is 5.92 Å². The maximum absolute atomic E-state index is 11.4. The quantitative estimate of drug-likeness (QED) is 0.645. The Bertz CT molecular complexity index is 437. The maximum Gasteiger partial charge on any atom is 0.309 e. The van der Waals surface area contributed by atoms with Crippen LogP contribution in [0.1, 0.15) is 17.4 Å². The van der Waals surface area contributed by atoms with Crippen molar-refractivity contribution in [3.63, 3.8) is 0 Å². The Morgan fingerprint density at radius 1 is 1.56 bits per heavy atom. The van der Waals surface area contributed by atoms with Gasteiger partial charge in [0.25, 0.3) is 5.91 Å². The zero-order valence-corrected chi connectivity index (χ0v) is 11.4. The fraction of sp³-hybridized carbons (Fsp3) is 0.417. The number of amides is 1. The third-order valence-corrected chi connectivity index (χ3v) is 3.55. The largest absolute Gasteiger partial charge is 0.469 e. The predicted molar refractivity (Wildman–Crippen MR) is 69.5 cm³/mol. The summed E-state index contributed by atoms with van der Waals surface area (Å²) in [5.74, 6) is -0.0395. The van der Waals surface area contributed by atoms with Crippen molar-refractivity contribution in [2.75, 3.05) is 19.9 Å². The lowest BCUT2D eigenvalue weighted by Crippen LogP contribution is -2.19. The molecule has 0 saturated heterocycles. The molecule has 1 heterocycles. The number of nitrogens with one attached hydrogen (secondary N) is 1. The average Bonchev–Trinajstić information content (AvgIpc) is 2.43. The van der Waals surface area contributed by atoms with Crippen LogP contribution in [0.3, 0.4) is 0 Å². The van der Waals surface area contributed by atoms with Crippen LogP contribution in [-0.4, -0.2) is 36.8 Å². The molecule has 1 N–H and O–H groups in total. The van der Waals surface area contributed by atoms with E-state index in [0.717, 1.165) is 4.90 Å². The minimum absolute atomic E-state index is 0.184. The number of ether oxygens (including phenoxy) is 1. The molecule has 1 aromatic heterocycles. The third-order valence-electron chi connectivity index (χ3n) is 2.29. The molecule has 98 valence electrons. The standard InChI is InChI=1S/C12H16N2O3S/c1-8(12(16)17-3)7-18-9-4-5-14-10(6-9)11(15)13-2/h4-6,8H,7H2,1-3H3,(H,13,15). The molecular formula is C12H16N2O3S. The fourth-order valence-electron chi connectivity index (χ4n) is 1.24. The lowest BCUT2D eigenvalue weighted by Gasteiger charge is -2.08. The smallest absolute Gasteiger partial charge is 0.309 e. The monoisotopic (exact) mass is 268 g/mol. The molecule has 1 rings (SSSR count). The number of hydrogen-bond donors (Lipinski definition) is 1. The van der Waals surface area contributed by atoms with E-state index in [-0.39, 0.29) is 17.8 Å². The van der Waals surface area contributed by atoms with Crippen LogP contribution < -0.4 is 5.32 Å². The number of methoxy groups -OCH3 is 1. The third kappa shape index (κ3) is 4.03. The second-order valence-electron chi connectivity index (χ2n) is 3.69. The van der Waals surface area contributed by atoms with Gasteiger partial charge in [-0.3, -0.25) is 14.6 Å². The van der Waals surface area contributed by atoms with E-state index in [2.05, 4.69) is 15.0 Å². The molecule has 0 spiro atoms. The first-order valence-electron chi connectivity index (χ1n) is 5.47. The summed E-state index contributed by atoms with van der Waals surface area (Å²) in [4.78, 5) is 27.5. The summed E-state index contributed by atoms with van der Waals surface area (Å²) in [7, 11) is 2.93. The maximum atomic E-state index is 11.4. The number of pyridine rings is 1. The number of carbonyl (C=O) groups excluding carboxylic acids is 2. The molecule has 1 unspecified atom stereocenters. The van der Waals surface area contributed by atoms with E-state index in [1.807, 2.05) is 0 Å². The van der Waals surface area contributed by atoms with Gasteiger partial charge in [0.05, 0.1) is 13.0 Å². The van der Waals surface area contributed by atoms with E-state index in [4.69, 9.17) is 0 Å². The van der Waals surface area contributed by atoms with Gasteiger partial charge >= 0.3 is 5.97 Å². The zero-order chi connectivity index (χ0) is 13.5. The van der Waals surface area contributed by atoms with Gasteiger partial charge in [0.2, 0.25) is 0 Å². The molecular weight excluding hydrogens is 252 g/mol. The summed E-state index contributed by atoms with van der Waals surface area (Å²) in [5, 5.41) is 2.52. The van der Waals surface area contributed by atoms with Gasteiger partial charge in [-0.05, 0) is 12.1 Å². The van der Waals surface area contributed by atoms with E-state index < -0.39 is 0 Å². The van der Waals surface area contributed by atoms with E-state index in [1.54, 1.807) is 32.3 Å². The first-order chi connectivity index (χ1) is 8.58. The second kappa shape index (κ2) is 7.00. The van der Waals surface area contributed by atoms with Gasteiger partial charge in [-0.25, -0.2) is 0 Å². The molecule has 0 aliphatic rings. The number of hydrogen-bond acceptors (Lipinski definition) is 5. The molecule has 0 aliphatic heterocycles. The highest BCUT2D eigenvalue weighted by Crippen LogP contribution is 2.21. The SMILES string of the molecule is CNC(=O)c1cc(SCC(C)C(=O)OC)ccn1. The van der Waals surface area contributed by atoms with E-state index in [1.165, 1.54) is 18.9 Å². The van der Waals surface area contributed by atoms with Gasteiger partial charge in [-0.2, -0.15) is 0 Å². The van der Waals surface area contributed by atoms with Crippen molar-refractivity contribution in [3.8, 4) is 0 Å². The summed E-state index contributed by atoms with van der Waals surface area (Å²) < 4.78 is 4.65. The predicted octanol–water partition coefficient (Wildman–Crippen LogP) is 1.34. The first kappa shape index (κ1) is 14.5. The summed E-state index contributed by atoms with van der Waals surface area (Å²) in [6.07, 6.45) is 1.58. The van der Waals surface area contributed by atoms with Crippen LogP contribution in [0.4, 0.5) is 0 Å².